The molecule has 0 aliphatic rings. The van der Waals surface area contributed by atoms with Crippen LogP contribution in [0.3, 0.4) is 0 Å². The zero-order valence-corrected chi connectivity index (χ0v) is 13.9. The third kappa shape index (κ3) is 3.22. The highest BCUT2D eigenvalue weighted by Crippen LogP contribution is 2.28. The summed E-state index contributed by atoms with van der Waals surface area (Å²) in [6.45, 7) is 2.04. The van der Waals surface area contributed by atoms with Gasteiger partial charge in [0.15, 0.2) is 0 Å². The lowest BCUT2D eigenvalue weighted by atomic mass is 10.1. The molecule has 0 saturated heterocycles. The van der Waals surface area contributed by atoms with Crippen LogP contribution < -0.4 is 4.74 Å². The van der Waals surface area contributed by atoms with E-state index < -0.39 is 0 Å². The summed E-state index contributed by atoms with van der Waals surface area (Å²) in [7, 11) is 0. The Morgan fingerprint density at radius 1 is 0.905 bits per heavy atom. The van der Waals surface area contributed by atoms with Gasteiger partial charge in [0.25, 0.3) is 0 Å². The topological polar surface area (TPSA) is 9.23 Å². The Hall–Kier alpha value is -1.51. The van der Waals surface area contributed by atoms with E-state index in [0.717, 1.165) is 32.5 Å². The molecule has 0 aliphatic heterocycles. The molecule has 0 aromatic heterocycles. The summed E-state index contributed by atoms with van der Waals surface area (Å²) < 4.78 is 7.02. The van der Waals surface area contributed by atoms with E-state index in [2.05, 4.69) is 34.1 Å². The number of fused-ring (bicyclic) bond motifs is 1. The predicted molar refractivity (Wildman–Crippen MR) is 92.5 cm³/mol. The first-order chi connectivity index (χ1) is 10.2. The third-order valence-electron chi connectivity index (χ3n) is 3.47. The molecule has 3 aromatic rings. The number of alkyl halides is 1. The largest absolute Gasteiger partial charge is 0.457 e. The zero-order chi connectivity index (χ0) is 14.8. The molecule has 0 bridgehead atoms. The van der Waals surface area contributed by atoms with Crippen LogP contribution in [0.1, 0.15) is 11.1 Å². The fourth-order valence-corrected chi connectivity index (χ4v) is 2.95. The normalized spacial score (nSPS) is 10.8. The third-order valence-corrected chi connectivity index (χ3v) is 4.25. The maximum absolute atomic E-state index is 5.94. The minimum absolute atomic E-state index is 0.525. The van der Waals surface area contributed by atoms with Gasteiger partial charge in [-0.25, -0.2) is 0 Å². The first-order valence-electron chi connectivity index (χ1n) is 6.68. The van der Waals surface area contributed by atoms with Crippen molar-refractivity contribution in [3.8, 4) is 11.5 Å². The molecule has 0 radical (unpaired) electrons. The molecule has 0 spiro atoms. The summed E-state index contributed by atoms with van der Waals surface area (Å²) in [6.07, 6.45) is 0. The Morgan fingerprint density at radius 3 is 2.33 bits per heavy atom. The molecule has 0 saturated carbocycles. The van der Waals surface area contributed by atoms with Crippen molar-refractivity contribution in [3.05, 3.63) is 70.2 Å². The number of hydrogen-bond donors (Lipinski definition) is 0. The molecule has 0 atom stereocenters. The van der Waals surface area contributed by atoms with Crippen LogP contribution in [0.5, 0.6) is 11.5 Å². The van der Waals surface area contributed by atoms with Gasteiger partial charge in [-0.1, -0.05) is 34.1 Å². The van der Waals surface area contributed by atoms with Crippen LogP contribution in [0.4, 0.5) is 0 Å². The van der Waals surface area contributed by atoms with Crippen molar-refractivity contribution in [2.24, 2.45) is 0 Å². The first kappa shape index (κ1) is 14.4. The lowest BCUT2D eigenvalue weighted by Gasteiger charge is -2.09. The Kier molecular flexibility index (Phi) is 4.18. The minimum atomic E-state index is 0.525. The Labute approximate surface area is 137 Å². The maximum Gasteiger partial charge on any atom is 0.128 e. The van der Waals surface area contributed by atoms with E-state index in [9.17, 15) is 0 Å². The van der Waals surface area contributed by atoms with Crippen LogP contribution in [-0.4, -0.2) is 0 Å². The average Bonchev–Trinajstić information content (AvgIpc) is 2.48. The quantitative estimate of drug-likeness (QED) is 0.488. The van der Waals surface area contributed by atoms with Gasteiger partial charge in [-0.2, -0.15) is 0 Å². The number of benzene rings is 3. The van der Waals surface area contributed by atoms with Crippen LogP contribution >= 0.6 is 27.5 Å². The molecule has 0 aliphatic carbocycles. The van der Waals surface area contributed by atoms with E-state index in [0.29, 0.717) is 5.88 Å². The van der Waals surface area contributed by atoms with Crippen LogP contribution in [0.25, 0.3) is 10.8 Å². The molecule has 106 valence electrons. The zero-order valence-electron chi connectivity index (χ0n) is 11.6. The van der Waals surface area contributed by atoms with E-state index in [1.165, 1.54) is 5.39 Å². The van der Waals surface area contributed by atoms with Crippen molar-refractivity contribution in [2.75, 3.05) is 0 Å². The van der Waals surface area contributed by atoms with Crippen LogP contribution in [0.2, 0.25) is 0 Å². The monoisotopic (exact) mass is 360 g/mol. The minimum Gasteiger partial charge on any atom is -0.457 e. The molecule has 3 aromatic carbocycles. The molecule has 3 rings (SSSR count). The Morgan fingerprint density at radius 2 is 1.57 bits per heavy atom. The van der Waals surface area contributed by atoms with E-state index >= 15 is 0 Å². The van der Waals surface area contributed by atoms with Gasteiger partial charge in [-0.3, -0.25) is 0 Å². The van der Waals surface area contributed by atoms with Crippen molar-refractivity contribution >= 4 is 38.3 Å². The lowest BCUT2D eigenvalue weighted by molar-refractivity contribution is 0.483. The smallest absolute Gasteiger partial charge is 0.128 e. The first-order valence-corrected chi connectivity index (χ1v) is 8.01. The van der Waals surface area contributed by atoms with Crippen molar-refractivity contribution in [2.45, 2.75) is 12.8 Å². The standard InChI is InChI=1S/C18H14BrClO/c1-12-8-17(7-4-15(12)11-20)21-18-6-3-13-9-16(19)5-2-14(13)10-18/h2-10H,11H2,1H3. The molecule has 0 amide bonds. The van der Waals surface area contributed by atoms with Crippen molar-refractivity contribution in [3.63, 3.8) is 0 Å². The van der Waals surface area contributed by atoms with Gasteiger partial charge in [-0.15, -0.1) is 11.6 Å². The molecular formula is C18H14BrClO. The molecule has 3 heteroatoms. The average molecular weight is 362 g/mol. The van der Waals surface area contributed by atoms with Gasteiger partial charge in [0, 0.05) is 10.4 Å². The summed E-state index contributed by atoms with van der Waals surface area (Å²) in [4.78, 5) is 0. The molecular weight excluding hydrogens is 348 g/mol. The van der Waals surface area contributed by atoms with E-state index in [-0.39, 0.29) is 0 Å². The lowest BCUT2D eigenvalue weighted by Crippen LogP contribution is -1.89. The van der Waals surface area contributed by atoms with Crippen molar-refractivity contribution < 1.29 is 4.74 Å². The van der Waals surface area contributed by atoms with Crippen LogP contribution in [-0.2, 0) is 5.88 Å². The molecule has 0 N–H and O–H groups in total. The number of rotatable bonds is 3. The summed E-state index contributed by atoms with van der Waals surface area (Å²) >= 11 is 9.36. The molecule has 1 nitrogen and oxygen atoms in total. The predicted octanol–water partition coefficient (Wildman–Crippen LogP) is 6.44. The number of aryl methyl sites for hydroxylation is 1. The molecule has 0 unspecified atom stereocenters. The fraction of sp³-hybridized carbons (Fsp3) is 0.111. The van der Waals surface area contributed by atoms with E-state index in [1.54, 1.807) is 0 Å². The highest BCUT2D eigenvalue weighted by molar-refractivity contribution is 9.10. The summed E-state index contributed by atoms with van der Waals surface area (Å²) in [5.74, 6) is 2.19. The van der Waals surface area contributed by atoms with E-state index in [1.807, 2.05) is 43.3 Å². The Balaban J connectivity index is 1.91. The Bertz CT molecular complexity index is 798. The van der Waals surface area contributed by atoms with Crippen molar-refractivity contribution in [1.82, 2.24) is 0 Å². The van der Waals surface area contributed by atoms with Crippen molar-refractivity contribution in [1.29, 1.82) is 0 Å². The van der Waals surface area contributed by atoms with Gasteiger partial charge in [0.05, 0.1) is 0 Å². The molecule has 21 heavy (non-hydrogen) atoms. The number of ether oxygens (including phenoxy) is 1. The highest BCUT2D eigenvalue weighted by Gasteiger charge is 2.03. The second kappa shape index (κ2) is 6.08. The van der Waals surface area contributed by atoms with Gasteiger partial charge in [0.2, 0.25) is 0 Å². The molecule has 0 heterocycles. The maximum atomic E-state index is 5.94. The highest BCUT2D eigenvalue weighted by atomic mass is 79.9. The van der Waals surface area contributed by atoms with Gasteiger partial charge in [-0.05, 0) is 65.2 Å². The number of hydrogen-bond acceptors (Lipinski definition) is 1. The summed E-state index contributed by atoms with van der Waals surface area (Å²) in [6, 6.07) is 18.3. The van der Waals surface area contributed by atoms with Gasteiger partial charge in [0.1, 0.15) is 11.5 Å². The number of halogens is 2. The second-order valence-corrected chi connectivity index (χ2v) is 6.16. The van der Waals surface area contributed by atoms with Crippen LogP contribution in [0, 0.1) is 6.92 Å². The van der Waals surface area contributed by atoms with Crippen LogP contribution in [0.15, 0.2) is 59.1 Å². The SMILES string of the molecule is Cc1cc(Oc2ccc3cc(Br)ccc3c2)ccc1CCl. The van der Waals surface area contributed by atoms with Gasteiger partial charge >= 0.3 is 0 Å². The second-order valence-electron chi connectivity index (χ2n) is 4.98. The summed E-state index contributed by atoms with van der Waals surface area (Å²) in [5.41, 5.74) is 2.28. The van der Waals surface area contributed by atoms with E-state index in [4.69, 9.17) is 16.3 Å². The fourth-order valence-electron chi connectivity index (χ4n) is 2.28. The molecule has 0 fully saturated rings. The summed E-state index contributed by atoms with van der Waals surface area (Å²) in [5, 5.41) is 2.34. The van der Waals surface area contributed by atoms with Gasteiger partial charge < -0.3 is 4.74 Å².